The number of furan rings is 1. The summed E-state index contributed by atoms with van der Waals surface area (Å²) in [5.41, 5.74) is 4.45. The fraction of sp³-hybridized carbons (Fsp3) is 0.125. The number of H-pyrrole nitrogens is 1. The summed E-state index contributed by atoms with van der Waals surface area (Å²) in [4.78, 5) is 3.32. The average molecular weight is 235 g/mol. The Morgan fingerprint density at radius 2 is 2.00 bits per heavy atom. The van der Waals surface area contributed by atoms with Gasteiger partial charge in [0.15, 0.2) is 0 Å². The van der Waals surface area contributed by atoms with Crippen LogP contribution < -0.4 is 0 Å². The summed E-state index contributed by atoms with van der Waals surface area (Å²) >= 11 is 0. The molecule has 1 N–H and O–H groups in total. The maximum absolute atomic E-state index is 6.03. The van der Waals surface area contributed by atoms with Crippen molar-refractivity contribution in [1.29, 1.82) is 0 Å². The average Bonchev–Trinajstić information content (AvgIpc) is 2.99. The van der Waals surface area contributed by atoms with Crippen LogP contribution in [0.25, 0.3) is 32.8 Å². The van der Waals surface area contributed by atoms with Crippen LogP contribution in [0, 0.1) is 0 Å². The van der Waals surface area contributed by atoms with Crippen LogP contribution in [0.2, 0.25) is 0 Å². The maximum Gasteiger partial charge on any atom is 0.140 e. The molecule has 2 aromatic carbocycles. The third-order valence-electron chi connectivity index (χ3n) is 3.64. The molecule has 88 valence electrons. The molecule has 4 rings (SSSR count). The number of hydrogen-bond donors (Lipinski definition) is 1. The first-order valence-electron chi connectivity index (χ1n) is 6.28. The van der Waals surface area contributed by atoms with Crippen LogP contribution in [-0.4, -0.2) is 4.98 Å². The molecule has 0 saturated carbocycles. The quantitative estimate of drug-likeness (QED) is 0.512. The monoisotopic (exact) mass is 235 g/mol. The second-order valence-corrected chi connectivity index (χ2v) is 4.63. The molecule has 0 spiro atoms. The van der Waals surface area contributed by atoms with E-state index < -0.39 is 0 Å². The summed E-state index contributed by atoms with van der Waals surface area (Å²) in [6.45, 7) is 2.17. The van der Waals surface area contributed by atoms with Crippen molar-refractivity contribution in [2.75, 3.05) is 0 Å². The van der Waals surface area contributed by atoms with E-state index in [9.17, 15) is 0 Å². The number of fused-ring (bicyclic) bond motifs is 4. The number of aryl methyl sites for hydroxylation is 1. The minimum atomic E-state index is 0.966. The molecule has 4 aromatic rings. The molecule has 0 bridgehead atoms. The topological polar surface area (TPSA) is 28.9 Å². The summed E-state index contributed by atoms with van der Waals surface area (Å²) in [6.07, 6.45) is 2.96. The van der Waals surface area contributed by atoms with E-state index in [0.29, 0.717) is 0 Å². The Balaban J connectivity index is 2.32. The number of aromatic nitrogens is 1. The van der Waals surface area contributed by atoms with E-state index in [1.54, 1.807) is 0 Å². The van der Waals surface area contributed by atoms with Crippen LogP contribution in [0.1, 0.15) is 12.5 Å². The fourth-order valence-corrected chi connectivity index (χ4v) is 2.80. The molecule has 0 aliphatic rings. The Bertz CT molecular complexity index is 867. The highest BCUT2D eigenvalue weighted by Crippen LogP contribution is 2.35. The molecule has 2 heteroatoms. The Morgan fingerprint density at radius 3 is 2.89 bits per heavy atom. The lowest BCUT2D eigenvalue weighted by Gasteiger charge is -2.01. The molecule has 0 saturated heterocycles. The van der Waals surface area contributed by atoms with Crippen LogP contribution >= 0.6 is 0 Å². The molecule has 0 atom stereocenters. The van der Waals surface area contributed by atoms with Crippen LogP contribution in [0.15, 0.2) is 47.0 Å². The van der Waals surface area contributed by atoms with E-state index in [2.05, 4.69) is 36.2 Å². The smallest absolute Gasteiger partial charge is 0.140 e. The van der Waals surface area contributed by atoms with Gasteiger partial charge in [-0.25, -0.2) is 0 Å². The number of nitrogens with one attached hydrogen (secondary N) is 1. The Morgan fingerprint density at radius 1 is 1.11 bits per heavy atom. The molecule has 0 unspecified atom stereocenters. The van der Waals surface area contributed by atoms with Gasteiger partial charge in [0.2, 0.25) is 0 Å². The molecular weight excluding hydrogens is 222 g/mol. The molecule has 0 aliphatic heterocycles. The predicted molar refractivity (Wildman–Crippen MR) is 75.0 cm³/mol. The van der Waals surface area contributed by atoms with Gasteiger partial charge in [-0.3, -0.25) is 0 Å². The first kappa shape index (κ1) is 9.77. The Hall–Kier alpha value is -2.22. The van der Waals surface area contributed by atoms with Crippen molar-refractivity contribution in [3.8, 4) is 0 Å². The number of aromatic amines is 1. The lowest BCUT2D eigenvalue weighted by molar-refractivity contribution is 0.664. The maximum atomic E-state index is 6.03. The van der Waals surface area contributed by atoms with Gasteiger partial charge in [0.1, 0.15) is 11.2 Å². The molecule has 0 aliphatic carbocycles. The van der Waals surface area contributed by atoms with Crippen molar-refractivity contribution >= 4 is 32.8 Å². The van der Waals surface area contributed by atoms with Gasteiger partial charge in [-0.05, 0) is 24.6 Å². The van der Waals surface area contributed by atoms with Gasteiger partial charge in [0.05, 0.1) is 5.52 Å². The zero-order valence-corrected chi connectivity index (χ0v) is 10.2. The summed E-state index contributed by atoms with van der Waals surface area (Å²) in [5.74, 6) is 0. The molecular formula is C16H13NO. The van der Waals surface area contributed by atoms with Gasteiger partial charge in [0, 0.05) is 27.9 Å². The Labute approximate surface area is 104 Å². The Kier molecular flexibility index (Phi) is 1.84. The highest BCUT2D eigenvalue weighted by atomic mass is 16.3. The zero-order valence-electron chi connectivity index (χ0n) is 10.2. The highest BCUT2D eigenvalue weighted by Gasteiger charge is 2.13. The van der Waals surface area contributed by atoms with Crippen LogP contribution in [0.5, 0.6) is 0 Å². The molecule has 0 fully saturated rings. The van der Waals surface area contributed by atoms with E-state index in [1.807, 2.05) is 18.3 Å². The summed E-state index contributed by atoms with van der Waals surface area (Å²) in [5, 5.41) is 3.67. The van der Waals surface area contributed by atoms with E-state index in [4.69, 9.17) is 4.42 Å². The lowest BCUT2D eigenvalue weighted by Crippen LogP contribution is -1.84. The minimum absolute atomic E-state index is 0.966. The highest BCUT2D eigenvalue weighted by molar-refractivity contribution is 6.11. The second-order valence-electron chi connectivity index (χ2n) is 4.63. The largest absolute Gasteiger partial charge is 0.456 e. The second kappa shape index (κ2) is 3.39. The SMILES string of the molecule is CCc1c2[nH]ccc2cc2c1oc1ccccc12. The summed E-state index contributed by atoms with van der Waals surface area (Å²) < 4.78 is 6.03. The molecule has 0 amide bonds. The van der Waals surface area contributed by atoms with Crippen molar-refractivity contribution in [2.24, 2.45) is 0 Å². The normalized spacial score (nSPS) is 11.8. The van der Waals surface area contributed by atoms with E-state index >= 15 is 0 Å². The molecule has 18 heavy (non-hydrogen) atoms. The molecule has 0 radical (unpaired) electrons. The van der Waals surface area contributed by atoms with E-state index in [0.717, 1.165) is 17.6 Å². The summed E-state index contributed by atoms with van der Waals surface area (Å²) in [6, 6.07) is 12.6. The first-order valence-corrected chi connectivity index (χ1v) is 6.28. The lowest BCUT2D eigenvalue weighted by atomic mass is 10.0. The van der Waals surface area contributed by atoms with Crippen LogP contribution in [-0.2, 0) is 6.42 Å². The molecule has 2 nitrogen and oxygen atoms in total. The van der Waals surface area contributed by atoms with E-state index in [1.165, 1.54) is 27.2 Å². The van der Waals surface area contributed by atoms with Gasteiger partial charge in [0.25, 0.3) is 0 Å². The van der Waals surface area contributed by atoms with Crippen LogP contribution in [0.3, 0.4) is 0 Å². The standard InChI is InChI=1S/C16H13NO/c1-2-11-15-10(7-8-17-15)9-13-12-5-3-4-6-14(12)18-16(11)13/h3-9,17H,2H2,1H3. The van der Waals surface area contributed by atoms with Gasteiger partial charge in [-0.15, -0.1) is 0 Å². The van der Waals surface area contributed by atoms with Crippen molar-refractivity contribution in [1.82, 2.24) is 4.98 Å². The first-order chi connectivity index (χ1) is 8.88. The van der Waals surface area contributed by atoms with E-state index in [-0.39, 0.29) is 0 Å². The summed E-state index contributed by atoms with van der Waals surface area (Å²) in [7, 11) is 0. The third kappa shape index (κ3) is 1.12. The number of benzene rings is 2. The van der Waals surface area contributed by atoms with Crippen molar-refractivity contribution < 1.29 is 4.42 Å². The van der Waals surface area contributed by atoms with Gasteiger partial charge in [-0.1, -0.05) is 25.1 Å². The predicted octanol–water partition coefficient (Wildman–Crippen LogP) is 4.63. The van der Waals surface area contributed by atoms with Gasteiger partial charge in [-0.2, -0.15) is 0 Å². The van der Waals surface area contributed by atoms with Crippen molar-refractivity contribution in [2.45, 2.75) is 13.3 Å². The number of hydrogen-bond acceptors (Lipinski definition) is 1. The number of rotatable bonds is 1. The fourth-order valence-electron chi connectivity index (χ4n) is 2.80. The van der Waals surface area contributed by atoms with Crippen molar-refractivity contribution in [3.05, 3.63) is 48.2 Å². The molecule has 2 heterocycles. The number of para-hydroxylation sites is 1. The van der Waals surface area contributed by atoms with Crippen LogP contribution in [0.4, 0.5) is 0 Å². The molecule has 2 aromatic heterocycles. The minimum Gasteiger partial charge on any atom is -0.456 e. The van der Waals surface area contributed by atoms with Gasteiger partial charge >= 0.3 is 0 Å². The van der Waals surface area contributed by atoms with Gasteiger partial charge < -0.3 is 9.40 Å². The zero-order chi connectivity index (χ0) is 12.1. The third-order valence-corrected chi connectivity index (χ3v) is 3.64. The van der Waals surface area contributed by atoms with Crippen molar-refractivity contribution in [3.63, 3.8) is 0 Å².